The quantitative estimate of drug-likeness (QED) is 0.621. The summed E-state index contributed by atoms with van der Waals surface area (Å²) in [6, 6.07) is 3.79. The molecule has 0 fully saturated rings. The molecule has 0 radical (unpaired) electrons. The second-order valence-electron chi connectivity index (χ2n) is 6.27. The molecule has 0 aliphatic carbocycles. The van der Waals surface area contributed by atoms with Crippen LogP contribution in [0.2, 0.25) is 25.7 Å². The minimum Gasteiger partial charge on any atom is -0.433 e. The summed E-state index contributed by atoms with van der Waals surface area (Å²) in [5.41, 5.74) is -0.483. The molecule has 1 heterocycles. The number of halogens is 3. The first kappa shape index (κ1) is 17.3. The smallest absolute Gasteiger partial charge is 0.433 e. The molecule has 0 atom stereocenters. The van der Waals surface area contributed by atoms with Crippen molar-refractivity contribution >= 4 is 25.3 Å². The van der Waals surface area contributed by atoms with Crippen molar-refractivity contribution in [3.8, 4) is 0 Å². The Kier molecular flexibility index (Phi) is 4.69. The van der Waals surface area contributed by atoms with Gasteiger partial charge in [-0.3, -0.25) is 4.84 Å². The number of hydrogen-bond donors (Lipinski definition) is 0. The highest BCUT2D eigenvalue weighted by molar-refractivity contribution is 6.76. The molecule has 0 aliphatic rings. The van der Waals surface area contributed by atoms with Crippen LogP contribution in [0.15, 0.2) is 24.5 Å². The summed E-state index contributed by atoms with van der Waals surface area (Å²) in [6.45, 7) is 6.68. The van der Waals surface area contributed by atoms with Gasteiger partial charge in [0.2, 0.25) is 0 Å². The van der Waals surface area contributed by atoms with Gasteiger partial charge in [-0.1, -0.05) is 19.6 Å². The molecule has 1 aromatic carbocycles. The lowest BCUT2D eigenvalue weighted by Crippen LogP contribution is -2.25. The molecule has 0 saturated carbocycles. The number of nitrogens with zero attached hydrogens (tertiary/aromatic N) is 2. The normalized spacial score (nSPS) is 12.4. The number of carbonyl (C=O) groups is 1. The number of ether oxygens (including phenoxy) is 1. The zero-order valence-electron chi connectivity index (χ0n) is 13.0. The van der Waals surface area contributed by atoms with Gasteiger partial charge in [-0.15, -0.1) is 0 Å². The van der Waals surface area contributed by atoms with E-state index < -0.39 is 26.0 Å². The Bertz CT molecular complexity index is 707. The summed E-state index contributed by atoms with van der Waals surface area (Å²) in [5.74, 6) is 0. The lowest BCUT2D eigenvalue weighted by atomic mass is 10.2. The fourth-order valence-electron chi connectivity index (χ4n) is 1.79. The minimum absolute atomic E-state index is 0.0784. The zero-order valence-corrected chi connectivity index (χ0v) is 14.0. The Labute approximate surface area is 132 Å². The lowest BCUT2D eigenvalue weighted by molar-refractivity contribution is -0.137. The number of benzene rings is 1. The zero-order chi connectivity index (χ0) is 17.3. The third-order valence-corrected chi connectivity index (χ3v) is 4.79. The molecule has 0 amide bonds. The topological polar surface area (TPSA) is 53.4 Å². The van der Waals surface area contributed by atoms with E-state index in [-0.39, 0.29) is 17.6 Å². The molecule has 0 aliphatic heterocycles. The maximum atomic E-state index is 12.6. The van der Waals surface area contributed by atoms with E-state index in [0.717, 1.165) is 29.2 Å². The predicted molar refractivity (Wildman–Crippen MR) is 80.8 cm³/mol. The van der Waals surface area contributed by atoms with E-state index in [1.54, 1.807) is 0 Å². The van der Waals surface area contributed by atoms with E-state index in [1.807, 2.05) is 0 Å². The van der Waals surface area contributed by atoms with Crippen LogP contribution in [0.5, 0.6) is 0 Å². The number of aromatic nitrogens is 2. The van der Waals surface area contributed by atoms with E-state index in [2.05, 4.69) is 24.6 Å². The van der Waals surface area contributed by atoms with Gasteiger partial charge in [0.05, 0.1) is 17.7 Å². The molecule has 0 saturated heterocycles. The van der Waals surface area contributed by atoms with Crippen molar-refractivity contribution in [1.29, 1.82) is 0 Å². The fourth-order valence-corrected chi connectivity index (χ4v) is 2.50. The van der Waals surface area contributed by atoms with Gasteiger partial charge in [0.1, 0.15) is 11.8 Å². The second-order valence-corrected chi connectivity index (χ2v) is 11.9. The first-order valence-electron chi connectivity index (χ1n) is 6.96. The molecule has 0 bridgehead atoms. The Hall–Kier alpha value is -2.03. The van der Waals surface area contributed by atoms with Crippen LogP contribution in [0.25, 0.3) is 11.0 Å². The van der Waals surface area contributed by atoms with Crippen molar-refractivity contribution in [3.63, 3.8) is 0 Å². The maximum absolute atomic E-state index is 12.6. The number of fused-ring (bicyclic) bond motifs is 1. The summed E-state index contributed by atoms with van der Waals surface area (Å²) < 4.78 is 43.9. The number of imidazole rings is 1. The van der Waals surface area contributed by atoms with Gasteiger partial charge in [-0.25, -0.2) is 9.78 Å². The molecular weight excluding hydrogens is 329 g/mol. The van der Waals surface area contributed by atoms with Crippen LogP contribution in [0.1, 0.15) is 5.56 Å². The average molecular weight is 346 g/mol. The fraction of sp³-hybridized carbons (Fsp3) is 0.429. The van der Waals surface area contributed by atoms with Crippen LogP contribution in [-0.4, -0.2) is 30.6 Å². The van der Waals surface area contributed by atoms with E-state index >= 15 is 0 Å². The summed E-state index contributed by atoms with van der Waals surface area (Å²) in [6.07, 6.45) is -4.23. The number of rotatable bonds is 4. The van der Waals surface area contributed by atoms with Crippen molar-refractivity contribution in [2.75, 3.05) is 6.61 Å². The molecule has 0 N–H and O–H groups in total. The molecule has 2 rings (SSSR count). The van der Waals surface area contributed by atoms with E-state index in [9.17, 15) is 18.0 Å². The third kappa shape index (κ3) is 4.72. The van der Waals surface area contributed by atoms with Gasteiger partial charge in [0.15, 0.2) is 0 Å². The van der Waals surface area contributed by atoms with E-state index in [4.69, 9.17) is 9.57 Å². The summed E-state index contributed by atoms with van der Waals surface area (Å²) in [5, 5.41) is 0. The van der Waals surface area contributed by atoms with Gasteiger partial charge < -0.3 is 4.74 Å². The molecule has 5 nitrogen and oxygen atoms in total. The molecule has 9 heteroatoms. The van der Waals surface area contributed by atoms with Gasteiger partial charge in [0, 0.05) is 8.07 Å². The van der Waals surface area contributed by atoms with Crippen molar-refractivity contribution in [2.45, 2.75) is 31.9 Å². The lowest BCUT2D eigenvalue weighted by Gasteiger charge is -2.15. The Balaban J connectivity index is 2.05. The third-order valence-electron chi connectivity index (χ3n) is 3.09. The largest absolute Gasteiger partial charge is 0.533 e. The molecule has 2 aromatic rings. The van der Waals surface area contributed by atoms with Crippen molar-refractivity contribution in [3.05, 3.63) is 30.1 Å². The van der Waals surface area contributed by atoms with E-state index in [1.165, 1.54) is 6.07 Å². The van der Waals surface area contributed by atoms with Crippen LogP contribution < -0.4 is 4.84 Å². The van der Waals surface area contributed by atoms with Crippen LogP contribution in [0, 0.1) is 0 Å². The Morgan fingerprint density at radius 3 is 2.61 bits per heavy atom. The molecular formula is C14H17F3N2O3Si. The standard InChI is InChI=1S/C14H17F3N2O3Si/c1-23(2,3)7-6-21-13(20)22-19-9-18-11-8-10(14(15,16)17)4-5-12(11)19/h4-5,8-9H,6-7H2,1-3H3. The van der Waals surface area contributed by atoms with Crippen molar-refractivity contribution in [2.24, 2.45) is 0 Å². The van der Waals surface area contributed by atoms with Crippen LogP contribution in [0.4, 0.5) is 18.0 Å². The average Bonchev–Trinajstić information content (AvgIpc) is 2.78. The second kappa shape index (κ2) is 6.23. The van der Waals surface area contributed by atoms with Crippen molar-refractivity contribution in [1.82, 2.24) is 9.71 Å². The van der Waals surface area contributed by atoms with Gasteiger partial charge in [-0.2, -0.15) is 17.9 Å². The Morgan fingerprint density at radius 1 is 1.30 bits per heavy atom. The first-order valence-corrected chi connectivity index (χ1v) is 10.7. The van der Waals surface area contributed by atoms with Gasteiger partial charge in [-0.05, 0) is 24.2 Å². The highest BCUT2D eigenvalue weighted by Crippen LogP contribution is 2.30. The van der Waals surface area contributed by atoms with Crippen LogP contribution in [-0.2, 0) is 10.9 Å². The molecule has 0 unspecified atom stereocenters. The van der Waals surface area contributed by atoms with E-state index in [0.29, 0.717) is 0 Å². The highest BCUT2D eigenvalue weighted by Gasteiger charge is 2.31. The summed E-state index contributed by atoms with van der Waals surface area (Å²) >= 11 is 0. The highest BCUT2D eigenvalue weighted by atomic mass is 28.3. The van der Waals surface area contributed by atoms with Crippen LogP contribution >= 0.6 is 0 Å². The summed E-state index contributed by atoms with van der Waals surface area (Å²) in [7, 11) is -1.33. The predicted octanol–water partition coefficient (Wildman–Crippen LogP) is 3.96. The SMILES string of the molecule is C[Si](C)(C)CCOC(=O)On1cnc2cc(C(F)(F)F)ccc21. The number of alkyl halides is 3. The van der Waals surface area contributed by atoms with Crippen molar-refractivity contribution < 1.29 is 27.5 Å². The molecule has 1 aromatic heterocycles. The number of carbonyl (C=O) groups excluding carboxylic acids is 1. The van der Waals surface area contributed by atoms with Gasteiger partial charge >= 0.3 is 12.3 Å². The maximum Gasteiger partial charge on any atom is 0.533 e. The molecule has 23 heavy (non-hydrogen) atoms. The first-order chi connectivity index (χ1) is 10.6. The minimum atomic E-state index is -4.45. The number of hydrogen-bond acceptors (Lipinski definition) is 4. The van der Waals surface area contributed by atoms with Crippen LogP contribution in [0.3, 0.4) is 0 Å². The monoisotopic (exact) mass is 346 g/mol. The molecule has 126 valence electrons. The molecule has 0 spiro atoms. The summed E-state index contributed by atoms with van der Waals surface area (Å²) in [4.78, 5) is 20.3. The van der Waals surface area contributed by atoms with Gasteiger partial charge in [0.25, 0.3) is 0 Å². The Morgan fingerprint density at radius 2 is 2.00 bits per heavy atom.